The molecule has 284 valence electrons. The molecule has 3 aromatic carbocycles. The molecule has 0 aliphatic heterocycles. The number of aliphatic hydroxyl groups is 1. The lowest BCUT2D eigenvalue weighted by atomic mass is 9.57. The number of carbonyl (C=O) groups excluding carboxylic acids is 2. The molecule has 0 spiro atoms. The van der Waals surface area contributed by atoms with Crippen molar-refractivity contribution in [3.63, 3.8) is 0 Å². The van der Waals surface area contributed by atoms with Gasteiger partial charge in [-0.15, -0.1) is 0 Å². The van der Waals surface area contributed by atoms with E-state index in [0.29, 0.717) is 35.7 Å². The van der Waals surface area contributed by atoms with Crippen LogP contribution in [0, 0.1) is 18.8 Å². The molecule has 0 saturated heterocycles. The number of hydrogen-bond donors (Lipinski definition) is 1. The Morgan fingerprint density at radius 3 is 2.43 bits per heavy atom. The Bertz CT molecular complexity index is 2200. The molecule has 54 heavy (non-hydrogen) atoms. The SMILES string of the molecule is C=CCOc1c2c(c(C)c3cc(OC)ccc13)C(O)=C1C(=O)[C@]3(O[Si](C)(C)C(C)(C)C)C(=O)c4c(OCc5ccccc5)noc4[C@@H](N(C)C)[C@@H]3C[C@@H]1C2. The number of hydrogen-bond acceptors (Lipinski definition) is 10. The number of Topliss-reactive ketones (excluding diaryl/α,β-unsaturated/α-hetero) is 2. The monoisotopic (exact) mass is 750 g/mol. The lowest BCUT2D eigenvalue weighted by Crippen LogP contribution is -2.68. The lowest BCUT2D eigenvalue weighted by molar-refractivity contribution is -0.140. The van der Waals surface area contributed by atoms with E-state index in [1.807, 2.05) is 87.5 Å². The Balaban J connectivity index is 1.47. The van der Waals surface area contributed by atoms with E-state index in [2.05, 4.69) is 32.5 Å². The first-order valence-electron chi connectivity index (χ1n) is 18.5. The topological polar surface area (TPSA) is 121 Å². The summed E-state index contributed by atoms with van der Waals surface area (Å²) in [5.41, 5.74) is 1.34. The summed E-state index contributed by atoms with van der Waals surface area (Å²) in [5, 5.41) is 18.1. The van der Waals surface area contributed by atoms with Crippen LogP contribution >= 0.6 is 0 Å². The van der Waals surface area contributed by atoms with E-state index in [1.165, 1.54) is 0 Å². The number of methoxy groups -OCH3 is 1. The van der Waals surface area contributed by atoms with Crippen molar-refractivity contribution in [3.8, 4) is 17.4 Å². The molecular weight excluding hydrogens is 701 g/mol. The highest BCUT2D eigenvalue weighted by Crippen LogP contribution is 2.59. The Labute approximate surface area is 317 Å². The number of aliphatic hydroxyl groups excluding tert-OH is 1. The van der Waals surface area contributed by atoms with Crippen molar-refractivity contribution in [1.82, 2.24) is 10.1 Å². The fourth-order valence-electron chi connectivity index (χ4n) is 8.46. The first-order chi connectivity index (χ1) is 25.6. The molecule has 1 N–H and O–H groups in total. The number of benzene rings is 3. The van der Waals surface area contributed by atoms with E-state index < -0.39 is 43.4 Å². The Morgan fingerprint density at radius 2 is 1.78 bits per heavy atom. The molecule has 0 bridgehead atoms. The third-order valence-corrected chi connectivity index (χ3v) is 16.5. The molecule has 11 heteroatoms. The maximum Gasteiger partial charge on any atom is 0.265 e. The van der Waals surface area contributed by atoms with Crippen LogP contribution in [0.15, 0.2) is 71.3 Å². The number of aryl methyl sites for hydroxylation is 1. The first-order valence-corrected chi connectivity index (χ1v) is 21.4. The minimum Gasteiger partial charge on any atom is -0.507 e. The summed E-state index contributed by atoms with van der Waals surface area (Å²) in [6.45, 7) is 16.5. The number of ketones is 2. The van der Waals surface area contributed by atoms with Crippen LogP contribution in [0.1, 0.15) is 71.6 Å². The molecule has 4 atom stereocenters. The zero-order valence-corrected chi connectivity index (χ0v) is 33.7. The molecule has 10 nitrogen and oxygen atoms in total. The molecule has 1 saturated carbocycles. The zero-order chi connectivity index (χ0) is 38.9. The Morgan fingerprint density at radius 1 is 1.06 bits per heavy atom. The summed E-state index contributed by atoms with van der Waals surface area (Å²) in [6.07, 6.45) is 2.45. The fourth-order valence-corrected chi connectivity index (χ4v) is 9.91. The molecule has 1 fully saturated rings. The van der Waals surface area contributed by atoms with E-state index in [-0.39, 0.29) is 41.0 Å². The second-order valence-corrected chi connectivity index (χ2v) is 21.2. The Kier molecular flexibility index (Phi) is 9.43. The third-order valence-electron chi connectivity index (χ3n) is 12.1. The van der Waals surface area contributed by atoms with Crippen molar-refractivity contribution in [1.29, 1.82) is 0 Å². The van der Waals surface area contributed by atoms with Crippen LogP contribution in [0.4, 0.5) is 0 Å². The Hall–Kier alpha value is -4.71. The fraction of sp³-hybridized carbons (Fsp3) is 0.419. The third kappa shape index (κ3) is 5.70. The van der Waals surface area contributed by atoms with Gasteiger partial charge in [0.05, 0.1) is 13.2 Å². The van der Waals surface area contributed by atoms with Gasteiger partial charge < -0.3 is 28.3 Å². The molecule has 0 unspecified atom stereocenters. The number of carbonyl (C=O) groups is 2. The van der Waals surface area contributed by atoms with Crippen LogP contribution in [0.3, 0.4) is 0 Å². The number of rotatable bonds is 10. The first kappa shape index (κ1) is 37.6. The van der Waals surface area contributed by atoms with Crippen molar-refractivity contribution in [3.05, 3.63) is 100 Å². The molecule has 3 aliphatic carbocycles. The van der Waals surface area contributed by atoms with Gasteiger partial charge in [-0.05, 0) is 97.8 Å². The zero-order valence-electron chi connectivity index (χ0n) is 32.7. The normalized spacial score (nSPS) is 22.4. The molecular formula is C43H50N2O8Si. The van der Waals surface area contributed by atoms with Gasteiger partial charge >= 0.3 is 0 Å². The van der Waals surface area contributed by atoms with Crippen LogP contribution in [-0.4, -0.2) is 68.5 Å². The average molecular weight is 751 g/mol. The highest BCUT2D eigenvalue weighted by atomic mass is 28.4. The lowest BCUT2D eigenvalue weighted by Gasteiger charge is -2.55. The summed E-state index contributed by atoms with van der Waals surface area (Å²) in [5.74, 6) is -0.689. The molecule has 0 amide bonds. The van der Waals surface area contributed by atoms with Crippen molar-refractivity contribution >= 4 is 36.4 Å². The summed E-state index contributed by atoms with van der Waals surface area (Å²) in [6, 6.07) is 14.8. The van der Waals surface area contributed by atoms with Crippen molar-refractivity contribution in [2.45, 2.75) is 76.9 Å². The van der Waals surface area contributed by atoms with Crippen LogP contribution in [0.25, 0.3) is 16.5 Å². The largest absolute Gasteiger partial charge is 0.507 e. The van der Waals surface area contributed by atoms with Gasteiger partial charge in [-0.3, -0.25) is 14.5 Å². The van der Waals surface area contributed by atoms with Crippen molar-refractivity contribution in [2.75, 3.05) is 27.8 Å². The molecule has 0 radical (unpaired) electrons. The van der Waals surface area contributed by atoms with Crippen LogP contribution in [0.5, 0.6) is 17.4 Å². The molecule has 4 aromatic rings. The summed E-state index contributed by atoms with van der Waals surface area (Å²) >= 11 is 0. The van der Waals surface area contributed by atoms with E-state index in [4.69, 9.17) is 23.2 Å². The van der Waals surface area contributed by atoms with Gasteiger partial charge in [0.1, 0.15) is 36.0 Å². The predicted octanol–water partition coefficient (Wildman–Crippen LogP) is 8.58. The minimum absolute atomic E-state index is 0.0183. The van der Waals surface area contributed by atoms with Crippen LogP contribution < -0.4 is 14.2 Å². The average Bonchev–Trinajstić information content (AvgIpc) is 3.54. The van der Waals surface area contributed by atoms with Gasteiger partial charge in [-0.2, -0.15) is 0 Å². The van der Waals surface area contributed by atoms with Crippen LogP contribution in [-0.2, 0) is 22.2 Å². The second-order valence-electron chi connectivity index (χ2n) is 16.5. The van der Waals surface area contributed by atoms with E-state index >= 15 is 9.59 Å². The number of aromatic nitrogens is 1. The number of fused-ring (bicyclic) bond motifs is 5. The smallest absolute Gasteiger partial charge is 0.265 e. The highest BCUT2D eigenvalue weighted by Gasteiger charge is 2.69. The van der Waals surface area contributed by atoms with Crippen molar-refractivity contribution in [2.24, 2.45) is 11.8 Å². The summed E-state index contributed by atoms with van der Waals surface area (Å²) < 4.78 is 31.4. The van der Waals surface area contributed by atoms with Gasteiger partial charge in [0.2, 0.25) is 11.6 Å². The maximum atomic E-state index is 15.8. The second kappa shape index (κ2) is 13.5. The summed E-state index contributed by atoms with van der Waals surface area (Å²) in [4.78, 5) is 33.2. The standard InChI is InChI=1S/C43H50N2O8Si/c1-11-19-50-37-28-18-17-27(49-8)22-29(28)24(2)32-30(37)20-26-21-31-35(45(6)7)38-34(41(44-52-38)51-23-25-15-13-12-14-16-25)40(48)43(31,39(47)33(26)36(32)46)53-54(9,10)42(3,4)5/h11-18,22,26,31,35,46H,1,19-21,23H2,2-10H3/t26-,31-,35-,43-/m0/s1. The van der Waals surface area contributed by atoms with Crippen LogP contribution in [0.2, 0.25) is 18.1 Å². The summed E-state index contributed by atoms with van der Waals surface area (Å²) in [7, 11) is 2.54. The van der Waals surface area contributed by atoms with E-state index in [0.717, 1.165) is 27.5 Å². The quantitative estimate of drug-likeness (QED) is 0.0959. The maximum absolute atomic E-state index is 15.8. The van der Waals surface area contributed by atoms with Gasteiger partial charge in [0.15, 0.2) is 19.7 Å². The van der Waals surface area contributed by atoms with E-state index in [1.54, 1.807) is 13.2 Å². The molecule has 1 heterocycles. The minimum atomic E-state index is -2.88. The van der Waals surface area contributed by atoms with Gasteiger partial charge in [-0.25, -0.2) is 0 Å². The number of ether oxygens (including phenoxy) is 3. The van der Waals surface area contributed by atoms with Gasteiger partial charge in [-0.1, -0.05) is 63.8 Å². The van der Waals surface area contributed by atoms with E-state index in [9.17, 15) is 5.11 Å². The molecule has 1 aromatic heterocycles. The van der Waals surface area contributed by atoms with Gasteiger partial charge in [0, 0.05) is 28.0 Å². The molecule has 7 rings (SSSR count). The predicted molar refractivity (Wildman–Crippen MR) is 210 cm³/mol. The highest BCUT2D eigenvalue weighted by molar-refractivity contribution is 6.74. The van der Waals surface area contributed by atoms with Crippen molar-refractivity contribution < 1.29 is 37.9 Å². The number of nitrogens with zero attached hydrogens (tertiary/aromatic N) is 2. The van der Waals surface area contributed by atoms with Gasteiger partial charge in [0.25, 0.3) is 5.88 Å². The molecule has 3 aliphatic rings.